The fourth-order valence-corrected chi connectivity index (χ4v) is 3.42. The molecule has 0 spiro atoms. The first-order valence-corrected chi connectivity index (χ1v) is 9.46. The molecule has 1 unspecified atom stereocenters. The van der Waals surface area contributed by atoms with E-state index in [1.54, 1.807) is 32.4 Å². The van der Waals surface area contributed by atoms with Crippen LogP contribution in [0, 0.1) is 0 Å². The third-order valence-corrected chi connectivity index (χ3v) is 5.03. The van der Waals surface area contributed by atoms with Crippen molar-refractivity contribution in [3.05, 3.63) is 41.7 Å². The fraction of sp³-hybridized carbons (Fsp3) is 0.450. The highest BCUT2D eigenvalue weighted by Crippen LogP contribution is 2.28. The summed E-state index contributed by atoms with van der Waals surface area (Å²) in [4.78, 5) is 28.9. The molecule has 156 valence electrons. The lowest BCUT2D eigenvalue weighted by molar-refractivity contribution is -0.138. The average molecular weight is 401 g/mol. The van der Waals surface area contributed by atoms with Gasteiger partial charge in [-0.3, -0.25) is 19.6 Å². The molecule has 1 aromatic heterocycles. The van der Waals surface area contributed by atoms with Crippen molar-refractivity contribution in [2.45, 2.75) is 25.6 Å². The molecule has 2 amide bonds. The van der Waals surface area contributed by atoms with Crippen molar-refractivity contribution in [1.82, 2.24) is 25.3 Å². The highest BCUT2D eigenvalue weighted by Gasteiger charge is 2.32. The number of amides is 2. The van der Waals surface area contributed by atoms with Crippen molar-refractivity contribution in [3.8, 4) is 11.5 Å². The number of rotatable bonds is 8. The monoisotopic (exact) mass is 401 g/mol. The van der Waals surface area contributed by atoms with Crippen LogP contribution in [0.2, 0.25) is 0 Å². The first-order chi connectivity index (χ1) is 14.0. The van der Waals surface area contributed by atoms with Crippen LogP contribution in [0.25, 0.3) is 0 Å². The van der Waals surface area contributed by atoms with Gasteiger partial charge in [0.2, 0.25) is 11.8 Å². The van der Waals surface area contributed by atoms with E-state index in [0.29, 0.717) is 37.7 Å². The third kappa shape index (κ3) is 5.05. The lowest BCUT2D eigenvalue weighted by Crippen LogP contribution is -2.56. The average Bonchev–Trinajstić information content (AvgIpc) is 3.23. The quantitative estimate of drug-likeness (QED) is 0.678. The van der Waals surface area contributed by atoms with E-state index in [1.807, 2.05) is 29.2 Å². The van der Waals surface area contributed by atoms with Crippen molar-refractivity contribution in [2.75, 3.05) is 34.4 Å². The highest BCUT2D eigenvalue weighted by atomic mass is 16.5. The molecule has 0 saturated carbocycles. The molecule has 2 aromatic rings. The molecule has 9 nitrogen and oxygen atoms in total. The van der Waals surface area contributed by atoms with E-state index >= 15 is 0 Å². The second-order valence-electron chi connectivity index (χ2n) is 7.00. The van der Waals surface area contributed by atoms with Crippen LogP contribution in [0.15, 0.2) is 30.5 Å². The van der Waals surface area contributed by atoms with Crippen LogP contribution in [-0.4, -0.2) is 72.2 Å². The molecule has 0 aliphatic carbocycles. The molecule has 9 heteroatoms. The van der Waals surface area contributed by atoms with Crippen molar-refractivity contribution in [2.24, 2.45) is 0 Å². The van der Waals surface area contributed by atoms with Gasteiger partial charge in [-0.2, -0.15) is 5.10 Å². The van der Waals surface area contributed by atoms with Gasteiger partial charge in [-0.25, -0.2) is 0 Å². The van der Waals surface area contributed by atoms with Crippen molar-refractivity contribution in [1.29, 1.82) is 0 Å². The summed E-state index contributed by atoms with van der Waals surface area (Å²) in [5.41, 5.74) is 1.83. The lowest BCUT2D eigenvalue weighted by Gasteiger charge is -2.35. The Hall–Kier alpha value is -3.07. The number of aromatic amines is 1. The zero-order chi connectivity index (χ0) is 20.8. The molecule has 0 bridgehead atoms. The Kier molecular flexibility index (Phi) is 6.71. The van der Waals surface area contributed by atoms with Gasteiger partial charge in [0.05, 0.1) is 38.9 Å². The van der Waals surface area contributed by atoms with Gasteiger partial charge >= 0.3 is 0 Å². The number of nitrogens with one attached hydrogen (secondary N) is 2. The summed E-state index contributed by atoms with van der Waals surface area (Å²) in [6, 6.07) is 6.98. The van der Waals surface area contributed by atoms with Gasteiger partial charge in [-0.05, 0) is 23.8 Å². The Morgan fingerprint density at radius 2 is 2.07 bits per heavy atom. The van der Waals surface area contributed by atoms with Crippen LogP contribution in [0.5, 0.6) is 11.5 Å². The maximum Gasteiger partial charge on any atom is 0.237 e. The zero-order valence-electron chi connectivity index (χ0n) is 17.0. The van der Waals surface area contributed by atoms with Crippen LogP contribution >= 0.6 is 0 Å². The second-order valence-corrected chi connectivity index (χ2v) is 7.00. The van der Waals surface area contributed by atoms with Crippen LogP contribution in [-0.2, 0) is 22.7 Å². The molecular weight excluding hydrogens is 374 g/mol. The van der Waals surface area contributed by atoms with Gasteiger partial charge in [-0.1, -0.05) is 6.07 Å². The number of hydrogen-bond donors (Lipinski definition) is 2. The topological polar surface area (TPSA) is 99.8 Å². The Labute approximate surface area is 170 Å². The number of nitrogens with zero attached hydrogens (tertiary/aromatic N) is 3. The van der Waals surface area contributed by atoms with E-state index in [2.05, 4.69) is 15.5 Å². The van der Waals surface area contributed by atoms with E-state index < -0.39 is 6.04 Å². The van der Waals surface area contributed by atoms with Crippen molar-refractivity contribution in [3.63, 3.8) is 0 Å². The molecule has 1 aromatic carbocycles. The first kappa shape index (κ1) is 20.7. The van der Waals surface area contributed by atoms with Crippen LogP contribution in [0.1, 0.15) is 17.7 Å². The van der Waals surface area contributed by atoms with E-state index in [9.17, 15) is 9.59 Å². The van der Waals surface area contributed by atoms with Crippen molar-refractivity contribution < 1.29 is 19.1 Å². The zero-order valence-corrected chi connectivity index (χ0v) is 17.0. The number of hydrogen-bond acceptors (Lipinski definition) is 6. The minimum Gasteiger partial charge on any atom is -0.493 e. The molecule has 1 atom stereocenters. The molecule has 29 heavy (non-hydrogen) atoms. The number of aromatic nitrogens is 2. The fourth-order valence-electron chi connectivity index (χ4n) is 3.42. The number of methoxy groups -OCH3 is 2. The van der Waals surface area contributed by atoms with E-state index in [1.165, 1.54) is 0 Å². The summed E-state index contributed by atoms with van der Waals surface area (Å²) in [6.07, 6.45) is 1.76. The molecule has 1 saturated heterocycles. The molecule has 1 aliphatic heterocycles. The molecule has 2 heterocycles. The van der Waals surface area contributed by atoms with Gasteiger partial charge in [0.25, 0.3) is 0 Å². The summed E-state index contributed by atoms with van der Waals surface area (Å²) >= 11 is 0. The van der Waals surface area contributed by atoms with Gasteiger partial charge in [0, 0.05) is 32.9 Å². The Morgan fingerprint density at radius 3 is 2.76 bits per heavy atom. The van der Waals surface area contributed by atoms with E-state index in [-0.39, 0.29) is 18.2 Å². The number of benzene rings is 1. The Balaban J connectivity index is 1.68. The standard InChI is InChI=1S/C20H27N5O4/c1-24(13-15-6-7-22-23-15)19(26)11-16-20(27)21-8-9-25(16)12-14-4-5-17(28-2)18(10-14)29-3/h4-7,10,16H,8-9,11-13H2,1-3H3,(H,21,27)(H,22,23). The number of piperazine rings is 1. The number of ether oxygens (including phenoxy) is 2. The summed E-state index contributed by atoms with van der Waals surface area (Å²) in [7, 11) is 4.91. The Bertz CT molecular complexity index is 839. The largest absolute Gasteiger partial charge is 0.493 e. The molecular formula is C20H27N5O4. The summed E-state index contributed by atoms with van der Waals surface area (Å²) in [6.45, 7) is 2.18. The number of H-pyrrole nitrogens is 1. The third-order valence-electron chi connectivity index (χ3n) is 5.03. The van der Waals surface area contributed by atoms with E-state index in [4.69, 9.17) is 9.47 Å². The molecule has 2 N–H and O–H groups in total. The predicted molar refractivity (Wildman–Crippen MR) is 106 cm³/mol. The summed E-state index contributed by atoms with van der Waals surface area (Å²) in [5.74, 6) is 1.07. The second kappa shape index (κ2) is 9.42. The van der Waals surface area contributed by atoms with Gasteiger partial charge in [-0.15, -0.1) is 0 Å². The summed E-state index contributed by atoms with van der Waals surface area (Å²) < 4.78 is 10.6. The predicted octanol–water partition coefficient (Wildman–Crippen LogP) is 0.776. The van der Waals surface area contributed by atoms with Gasteiger partial charge in [0.1, 0.15) is 0 Å². The maximum atomic E-state index is 12.7. The highest BCUT2D eigenvalue weighted by molar-refractivity contribution is 5.88. The van der Waals surface area contributed by atoms with Gasteiger partial charge in [0.15, 0.2) is 11.5 Å². The van der Waals surface area contributed by atoms with E-state index in [0.717, 1.165) is 11.3 Å². The molecule has 1 fully saturated rings. The first-order valence-electron chi connectivity index (χ1n) is 9.46. The molecule has 0 radical (unpaired) electrons. The number of carbonyl (C=O) groups excluding carboxylic acids is 2. The maximum absolute atomic E-state index is 12.7. The molecule has 3 rings (SSSR count). The van der Waals surface area contributed by atoms with Gasteiger partial charge < -0.3 is 19.7 Å². The summed E-state index contributed by atoms with van der Waals surface area (Å²) in [5, 5.41) is 9.60. The minimum absolute atomic E-state index is 0.0982. The SMILES string of the molecule is COc1ccc(CN2CCNC(=O)C2CC(=O)N(C)Cc2ccn[nH]2)cc1OC. The Morgan fingerprint density at radius 1 is 1.28 bits per heavy atom. The minimum atomic E-state index is -0.520. The van der Waals surface area contributed by atoms with Crippen molar-refractivity contribution >= 4 is 11.8 Å². The molecule has 1 aliphatic rings. The normalized spacial score (nSPS) is 16.9. The van der Waals surface area contributed by atoms with Crippen LogP contribution < -0.4 is 14.8 Å². The van der Waals surface area contributed by atoms with Crippen LogP contribution in [0.4, 0.5) is 0 Å². The number of carbonyl (C=O) groups is 2. The smallest absolute Gasteiger partial charge is 0.237 e. The lowest BCUT2D eigenvalue weighted by atomic mass is 10.1. The van der Waals surface area contributed by atoms with Crippen LogP contribution in [0.3, 0.4) is 0 Å².